The van der Waals surface area contributed by atoms with E-state index in [1.54, 1.807) is 52.4 Å². The van der Waals surface area contributed by atoms with E-state index < -0.39 is 6.10 Å². The van der Waals surface area contributed by atoms with E-state index in [9.17, 15) is 9.90 Å². The number of benzene rings is 1. The van der Waals surface area contributed by atoms with E-state index in [-0.39, 0.29) is 25.1 Å². The molecule has 6 heteroatoms. The van der Waals surface area contributed by atoms with Crippen LogP contribution >= 0.6 is 0 Å². The highest BCUT2D eigenvalue weighted by Crippen LogP contribution is 2.16. The lowest BCUT2D eigenvalue weighted by molar-refractivity contribution is -0.130. The first-order valence-corrected chi connectivity index (χ1v) is 6.83. The minimum absolute atomic E-state index is 0.0294. The van der Waals surface area contributed by atoms with E-state index in [0.29, 0.717) is 5.75 Å². The van der Waals surface area contributed by atoms with Crippen molar-refractivity contribution < 1.29 is 19.4 Å². The largest absolute Gasteiger partial charge is 0.497 e. The third-order valence-electron chi connectivity index (χ3n) is 2.97. The topological polar surface area (TPSA) is 71.0 Å². The van der Waals surface area contributed by atoms with Crippen LogP contribution in [-0.2, 0) is 4.79 Å². The Labute approximate surface area is 125 Å². The number of carbonyl (C=O) groups is 1. The number of carbonyl (C=O) groups excluding carboxylic acids is 1. The fraction of sp³-hybridized carbons (Fsp3) is 0.533. The monoisotopic (exact) mass is 296 g/mol. The van der Waals surface area contributed by atoms with Crippen LogP contribution in [-0.4, -0.2) is 62.4 Å². The number of methoxy groups -OCH3 is 1. The zero-order chi connectivity index (χ0) is 15.8. The lowest BCUT2D eigenvalue weighted by Gasteiger charge is -2.20. The lowest BCUT2D eigenvalue weighted by Crippen LogP contribution is -2.45. The Morgan fingerprint density at radius 2 is 1.86 bits per heavy atom. The molecule has 0 saturated heterocycles. The fourth-order valence-corrected chi connectivity index (χ4v) is 1.71. The number of rotatable bonds is 8. The van der Waals surface area contributed by atoms with Crippen molar-refractivity contribution in [3.63, 3.8) is 0 Å². The van der Waals surface area contributed by atoms with Crippen LogP contribution in [0.1, 0.15) is 6.92 Å². The molecular weight excluding hydrogens is 272 g/mol. The smallest absolute Gasteiger partial charge is 0.238 e. The maximum atomic E-state index is 11.6. The van der Waals surface area contributed by atoms with Crippen LogP contribution in [0.2, 0.25) is 0 Å². The number of aliphatic hydroxyl groups excluding tert-OH is 1. The van der Waals surface area contributed by atoms with Crippen LogP contribution in [0.3, 0.4) is 0 Å². The molecule has 1 aromatic carbocycles. The Balaban J connectivity index is 2.30. The first-order chi connectivity index (χ1) is 9.93. The number of amides is 1. The van der Waals surface area contributed by atoms with Gasteiger partial charge in [0.2, 0.25) is 5.91 Å². The molecule has 0 aliphatic heterocycles. The van der Waals surface area contributed by atoms with Gasteiger partial charge >= 0.3 is 0 Å². The molecule has 0 heterocycles. The normalized spacial score (nSPS) is 13.4. The van der Waals surface area contributed by atoms with E-state index in [2.05, 4.69) is 5.32 Å². The highest BCUT2D eigenvalue weighted by molar-refractivity contribution is 5.80. The third-order valence-corrected chi connectivity index (χ3v) is 2.97. The number of nitrogens with one attached hydrogen (secondary N) is 1. The van der Waals surface area contributed by atoms with E-state index in [1.165, 1.54) is 4.90 Å². The van der Waals surface area contributed by atoms with Gasteiger partial charge in [0, 0.05) is 20.6 Å². The third kappa shape index (κ3) is 6.01. The predicted octanol–water partition coefficient (Wildman–Crippen LogP) is 0.501. The van der Waals surface area contributed by atoms with Crippen LogP contribution in [0.5, 0.6) is 11.5 Å². The summed E-state index contributed by atoms with van der Waals surface area (Å²) in [7, 11) is 4.99. The molecule has 21 heavy (non-hydrogen) atoms. The van der Waals surface area contributed by atoms with Gasteiger partial charge in [-0.3, -0.25) is 4.79 Å². The number of ether oxygens (including phenoxy) is 2. The highest BCUT2D eigenvalue weighted by Gasteiger charge is 2.15. The van der Waals surface area contributed by atoms with Crippen LogP contribution in [0.15, 0.2) is 24.3 Å². The van der Waals surface area contributed by atoms with Gasteiger partial charge in [-0.05, 0) is 31.2 Å². The molecule has 0 bridgehead atoms. The van der Waals surface area contributed by atoms with Crippen molar-refractivity contribution in [2.75, 3.05) is 34.4 Å². The summed E-state index contributed by atoms with van der Waals surface area (Å²) < 4.78 is 10.5. The summed E-state index contributed by atoms with van der Waals surface area (Å²) in [6, 6.07) is 6.79. The van der Waals surface area contributed by atoms with Crippen molar-refractivity contribution in [1.29, 1.82) is 0 Å². The van der Waals surface area contributed by atoms with Crippen LogP contribution in [0.4, 0.5) is 0 Å². The van der Waals surface area contributed by atoms with Gasteiger partial charge in [0.15, 0.2) is 0 Å². The van der Waals surface area contributed by atoms with Gasteiger partial charge in [-0.1, -0.05) is 0 Å². The van der Waals surface area contributed by atoms with Gasteiger partial charge in [-0.25, -0.2) is 0 Å². The first kappa shape index (κ1) is 17.3. The summed E-state index contributed by atoms with van der Waals surface area (Å²) in [6.45, 7) is 2.21. The molecule has 0 radical (unpaired) electrons. The Morgan fingerprint density at radius 1 is 1.29 bits per heavy atom. The number of hydrogen-bond acceptors (Lipinski definition) is 5. The molecule has 2 atom stereocenters. The molecule has 0 spiro atoms. The molecule has 0 aliphatic carbocycles. The van der Waals surface area contributed by atoms with E-state index in [1.807, 2.05) is 0 Å². The van der Waals surface area contributed by atoms with Crippen molar-refractivity contribution in [2.45, 2.75) is 19.1 Å². The maximum Gasteiger partial charge on any atom is 0.238 e. The van der Waals surface area contributed by atoms with E-state index in [4.69, 9.17) is 9.47 Å². The molecular formula is C15H24N2O4. The van der Waals surface area contributed by atoms with Crippen molar-refractivity contribution in [2.24, 2.45) is 0 Å². The SMILES string of the molecule is COc1ccc(OCC(O)CNC(C)C(=O)N(C)C)cc1. The molecule has 1 rings (SSSR count). The molecule has 0 aromatic heterocycles. The van der Waals surface area contributed by atoms with Gasteiger partial charge in [0.05, 0.1) is 13.2 Å². The maximum absolute atomic E-state index is 11.6. The molecule has 1 aromatic rings. The zero-order valence-electron chi connectivity index (χ0n) is 13.0. The number of hydrogen-bond donors (Lipinski definition) is 2. The van der Waals surface area contributed by atoms with Crippen molar-refractivity contribution >= 4 is 5.91 Å². The lowest BCUT2D eigenvalue weighted by atomic mass is 10.2. The summed E-state index contributed by atoms with van der Waals surface area (Å²) in [5.74, 6) is 1.38. The standard InChI is InChI=1S/C15H24N2O4/c1-11(15(19)17(2)3)16-9-12(18)10-21-14-7-5-13(20-4)6-8-14/h5-8,11-12,16,18H,9-10H2,1-4H3. The Morgan fingerprint density at radius 3 is 2.38 bits per heavy atom. The predicted molar refractivity (Wildman–Crippen MR) is 80.7 cm³/mol. The fourth-order valence-electron chi connectivity index (χ4n) is 1.71. The van der Waals surface area contributed by atoms with Crippen molar-refractivity contribution in [1.82, 2.24) is 10.2 Å². The average molecular weight is 296 g/mol. The molecule has 2 N–H and O–H groups in total. The summed E-state index contributed by atoms with van der Waals surface area (Å²) >= 11 is 0. The summed E-state index contributed by atoms with van der Waals surface area (Å²) in [5, 5.41) is 12.8. The molecule has 1 amide bonds. The Hall–Kier alpha value is -1.79. The molecule has 2 unspecified atom stereocenters. The molecule has 0 fully saturated rings. The van der Waals surface area contributed by atoms with Crippen LogP contribution in [0.25, 0.3) is 0 Å². The quantitative estimate of drug-likeness (QED) is 0.731. The van der Waals surface area contributed by atoms with E-state index in [0.717, 1.165) is 5.75 Å². The summed E-state index contributed by atoms with van der Waals surface area (Å²) in [4.78, 5) is 13.1. The van der Waals surface area contributed by atoms with Gasteiger partial charge in [-0.15, -0.1) is 0 Å². The summed E-state index contributed by atoms with van der Waals surface area (Å²) in [5.41, 5.74) is 0. The molecule has 118 valence electrons. The second-order valence-corrected chi connectivity index (χ2v) is 5.00. The van der Waals surface area contributed by atoms with Gasteiger partial charge in [-0.2, -0.15) is 0 Å². The van der Waals surface area contributed by atoms with Gasteiger partial charge < -0.3 is 24.8 Å². The number of nitrogens with zero attached hydrogens (tertiary/aromatic N) is 1. The Bertz CT molecular complexity index is 434. The Kier molecular flexibility index (Phi) is 6.98. The second-order valence-electron chi connectivity index (χ2n) is 5.00. The van der Waals surface area contributed by atoms with Gasteiger partial charge in [0.25, 0.3) is 0 Å². The zero-order valence-corrected chi connectivity index (χ0v) is 13.0. The van der Waals surface area contributed by atoms with Crippen LogP contribution in [0, 0.1) is 0 Å². The number of aliphatic hydroxyl groups is 1. The molecule has 0 aliphatic rings. The second kappa shape index (κ2) is 8.49. The molecule has 0 saturated carbocycles. The van der Waals surface area contributed by atoms with E-state index >= 15 is 0 Å². The highest BCUT2D eigenvalue weighted by atomic mass is 16.5. The molecule has 6 nitrogen and oxygen atoms in total. The van der Waals surface area contributed by atoms with Gasteiger partial charge in [0.1, 0.15) is 24.2 Å². The minimum atomic E-state index is -0.690. The van der Waals surface area contributed by atoms with Crippen LogP contribution < -0.4 is 14.8 Å². The average Bonchev–Trinajstić information content (AvgIpc) is 2.50. The number of likely N-dealkylation sites (N-methyl/N-ethyl adjacent to an activating group) is 1. The van der Waals surface area contributed by atoms with Crippen molar-refractivity contribution in [3.8, 4) is 11.5 Å². The summed E-state index contributed by atoms with van der Waals surface area (Å²) in [6.07, 6.45) is -0.690. The van der Waals surface area contributed by atoms with Crippen molar-refractivity contribution in [3.05, 3.63) is 24.3 Å². The first-order valence-electron chi connectivity index (χ1n) is 6.83. The minimum Gasteiger partial charge on any atom is -0.497 e.